The molecule has 0 atom stereocenters. The molecule has 11 nitrogen and oxygen atoms in total. The molecule has 0 radical (unpaired) electrons. The Hall–Kier alpha value is -2.82. The molecular formula is C10H12N4O7. The average Bonchev–Trinajstić information content (AvgIpc) is 2.44. The number of hydrogen-bond donors (Lipinski definition) is 1. The summed E-state index contributed by atoms with van der Waals surface area (Å²) in [6.07, 6.45) is 2.56. The average molecular weight is 300 g/mol. The summed E-state index contributed by atoms with van der Waals surface area (Å²) in [6, 6.07) is 0. The lowest BCUT2D eigenvalue weighted by molar-refractivity contribution is -0.780. The minimum absolute atomic E-state index is 0.180. The molecule has 21 heavy (non-hydrogen) atoms. The van der Waals surface area contributed by atoms with Crippen molar-refractivity contribution in [2.75, 3.05) is 13.7 Å². The zero-order valence-corrected chi connectivity index (χ0v) is 10.9. The van der Waals surface area contributed by atoms with Crippen molar-refractivity contribution >= 4 is 11.8 Å². The third-order valence-corrected chi connectivity index (χ3v) is 2.59. The molecule has 0 heterocycles. The van der Waals surface area contributed by atoms with E-state index in [0.717, 1.165) is 12.2 Å². The second kappa shape index (κ2) is 6.56. The van der Waals surface area contributed by atoms with Crippen molar-refractivity contribution in [1.29, 1.82) is 0 Å². The summed E-state index contributed by atoms with van der Waals surface area (Å²) in [6.45, 7) is -0.322. The first-order chi connectivity index (χ1) is 9.83. The first-order valence-corrected chi connectivity index (χ1v) is 5.54. The van der Waals surface area contributed by atoms with E-state index in [1.165, 1.54) is 13.2 Å². The summed E-state index contributed by atoms with van der Waals surface area (Å²) in [7, 11) is 1.29. The molecule has 0 aromatic rings. The van der Waals surface area contributed by atoms with Gasteiger partial charge in [0.05, 0.1) is 6.08 Å². The van der Waals surface area contributed by atoms with Crippen molar-refractivity contribution in [2.24, 2.45) is 10.9 Å². The molecule has 0 bridgehead atoms. The van der Waals surface area contributed by atoms with Gasteiger partial charge in [0.15, 0.2) is 5.84 Å². The fraction of sp³-hybridized carbons (Fsp3) is 0.400. The quantitative estimate of drug-likeness (QED) is 0.173. The van der Waals surface area contributed by atoms with Crippen LogP contribution < -0.4 is 5.73 Å². The van der Waals surface area contributed by atoms with Gasteiger partial charge in [-0.05, 0) is 6.08 Å². The predicted molar refractivity (Wildman–Crippen MR) is 68.2 cm³/mol. The van der Waals surface area contributed by atoms with Crippen molar-refractivity contribution in [3.63, 3.8) is 0 Å². The Kier molecular flexibility index (Phi) is 5.07. The van der Waals surface area contributed by atoms with Crippen LogP contribution >= 0.6 is 0 Å². The van der Waals surface area contributed by atoms with E-state index in [2.05, 4.69) is 14.7 Å². The van der Waals surface area contributed by atoms with Gasteiger partial charge in [-0.3, -0.25) is 20.2 Å². The standard InChI is InChI=1S/C10H12N4O7/c1-20-6-8(15)21-12-9(11)7-2-4-10(5-3-7,13(16)17)14(18)19/h2-4H,5-6H2,1H3,(H2,11,12). The fourth-order valence-corrected chi connectivity index (χ4v) is 1.44. The molecule has 11 heteroatoms. The van der Waals surface area contributed by atoms with E-state index in [4.69, 9.17) is 5.73 Å². The van der Waals surface area contributed by atoms with Crippen LogP contribution in [0.3, 0.4) is 0 Å². The Bertz CT molecular complexity index is 538. The highest BCUT2D eigenvalue weighted by atomic mass is 16.7. The lowest BCUT2D eigenvalue weighted by atomic mass is 9.97. The molecule has 0 saturated carbocycles. The van der Waals surface area contributed by atoms with Crippen LogP contribution in [0.5, 0.6) is 0 Å². The number of hydrogen-bond acceptors (Lipinski definition) is 8. The molecule has 1 aliphatic carbocycles. The molecule has 0 aliphatic heterocycles. The maximum absolute atomic E-state index is 11.0. The van der Waals surface area contributed by atoms with Gasteiger partial charge in [0.25, 0.3) is 0 Å². The maximum Gasteiger partial charge on any atom is 0.481 e. The molecule has 0 fully saturated rings. The Labute approximate surface area is 118 Å². The van der Waals surface area contributed by atoms with Gasteiger partial charge in [0.1, 0.15) is 22.9 Å². The van der Waals surface area contributed by atoms with Crippen LogP contribution in [0.2, 0.25) is 0 Å². The highest BCUT2D eigenvalue weighted by Gasteiger charge is 2.53. The smallest absolute Gasteiger partial charge is 0.380 e. The summed E-state index contributed by atoms with van der Waals surface area (Å²) in [4.78, 5) is 35.0. The second-order valence-electron chi connectivity index (χ2n) is 3.96. The van der Waals surface area contributed by atoms with Gasteiger partial charge in [0, 0.05) is 12.7 Å². The molecular weight excluding hydrogens is 288 g/mol. The number of ether oxygens (including phenoxy) is 1. The fourth-order valence-electron chi connectivity index (χ4n) is 1.44. The van der Waals surface area contributed by atoms with E-state index < -0.39 is 27.9 Å². The number of oxime groups is 1. The molecule has 2 N–H and O–H groups in total. The van der Waals surface area contributed by atoms with Crippen LogP contribution in [0.4, 0.5) is 0 Å². The lowest BCUT2D eigenvalue weighted by Gasteiger charge is -2.15. The molecule has 0 aromatic carbocycles. The van der Waals surface area contributed by atoms with Gasteiger partial charge < -0.3 is 15.3 Å². The minimum Gasteiger partial charge on any atom is -0.380 e. The number of nitrogens with zero attached hydrogens (tertiary/aromatic N) is 3. The van der Waals surface area contributed by atoms with Crippen molar-refractivity contribution < 1.29 is 24.2 Å². The highest BCUT2D eigenvalue weighted by molar-refractivity contribution is 5.99. The van der Waals surface area contributed by atoms with Gasteiger partial charge in [-0.25, -0.2) is 4.79 Å². The molecule has 0 unspecified atom stereocenters. The van der Waals surface area contributed by atoms with Crippen LogP contribution in [0.15, 0.2) is 29.0 Å². The molecule has 0 saturated heterocycles. The van der Waals surface area contributed by atoms with E-state index in [1.807, 2.05) is 0 Å². The number of amidine groups is 1. The summed E-state index contributed by atoms with van der Waals surface area (Å²) in [5, 5.41) is 24.9. The van der Waals surface area contributed by atoms with Gasteiger partial charge >= 0.3 is 11.6 Å². The zero-order valence-electron chi connectivity index (χ0n) is 10.9. The first kappa shape index (κ1) is 16.2. The van der Waals surface area contributed by atoms with Gasteiger partial charge in [-0.1, -0.05) is 11.2 Å². The van der Waals surface area contributed by atoms with Crippen molar-refractivity contribution in [1.82, 2.24) is 0 Å². The summed E-state index contributed by atoms with van der Waals surface area (Å²) in [5.41, 5.74) is 3.27. The largest absolute Gasteiger partial charge is 0.481 e. The molecule has 0 spiro atoms. The number of nitrogens with two attached hydrogens (primary N) is 1. The van der Waals surface area contributed by atoms with Crippen LogP contribution in [-0.2, 0) is 14.4 Å². The lowest BCUT2D eigenvalue weighted by Crippen LogP contribution is -2.45. The van der Waals surface area contributed by atoms with Crippen molar-refractivity contribution in [2.45, 2.75) is 12.1 Å². The Balaban J connectivity index is 2.82. The number of carbonyl (C=O) groups is 1. The van der Waals surface area contributed by atoms with Gasteiger partial charge in [0.2, 0.25) is 0 Å². The third kappa shape index (κ3) is 3.60. The normalized spacial score (nSPS) is 17.0. The van der Waals surface area contributed by atoms with E-state index in [1.54, 1.807) is 0 Å². The third-order valence-electron chi connectivity index (χ3n) is 2.59. The van der Waals surface area contributed by atoms with Gasteiger partial charge in [-0.2, -0.15) is 0 Å². The molecule has 1 aliphatic rings. The van der Waals surface area contributed by atoms with Crippen LogP contribution in [-0.4, -0.2) is 41.0 Å². The topological polar surface area (TPSA) is 160 Å². The van der Waals surface area contributed by atoms with Crippen LogP contribution in [0, 0.1) is 20.2 Å². The van der Waals surface area contributed by atoms with E-state index >= 15 is 0 Å². The number of methoxy groups -OCH3 is 1. The van der Waals surface area contributed by atoms with Crippen molar-refractivity contribution in [3.05, 3.63) is 44.0 Å². The summed E-state index contributed by atoms with van der Waals surface area (Å²) in [5.74, 6) is -1.03. The molecule has 114 valence electrons. The van der Waals surface area contributed by atoms with Crippen molar-refractivity contribution in [3.8, 4) is 0 Å². The number of rotatable bonds is 6. The highest BCUT2D eigenvalue weighted by Crippen LogP contribution is 2.25. The summed E-state index contributed by atoms with van der Waals surface area (Å²) >= 11 is 0. The van der Waals surface area contributed by atoms with E-state index in [-0.39, 0.29) is 18.0 Å². The van der Waals surface area contributed by atoms with Crippen LogP contribution in [0.25, 0.3) is 0 Å². The summed E-state index contributed by atoms with van der Waals surface area (Å²) < 4.78 is 4.50. The number of carbonyl (C=O) groups excluding carboxylic acids is 1. The second-order valence-corrected chi connectivity index (χ2v) is 3.96. The minimum atomic E-state index is -2.42. The SMILES string of the molecule is COCC(=O)O/N=C(/N)C1=CCC([N+](=O)[O-])([N+](=O)[O-])C=C1. The molecule has 1 rings (SSSR count). The Morgan fingerprint density at radius 2 is 2.10 bits per heavy atom. The maximum atomic E-state index is 11.0. The molecule has 0 aromatic heterocycles. The number of nitro groups is 2. The monoisotopic (exact) mass is 300 g/mol. The molecule has 0 amide bonds. The zero-order chi connectivity index (χ0) is 16.0. The van der Waals surface area contributed by atoms with Gasteiger partial charge in [-0.15, -0.1) is 0 Å². The van der Waals surface area contributed by atoms with Crippen LogP contribution in [0.1, 0.15) is 6.42 Å². The first-order valence-electron chi connectivity index (χ1n) is 5.54. The Morgan fingerprint density at radius 3 is 2.52 bits per heavy atom. The van der Waals surface area contributed by atoms with E-state index in [0.29, 0.717) is 0 Å². The Morgan fingerprint density at radius 1 is 1.48 bits per heavy atom. The predicted octanol–water partition coefficient (Wildman–Crippen LogP) is -0.416. The van der Waals surface area contributed by atoms with E-state index in [9.17, 15) is 25.0 Å².